The van der Waals surface area contributed by atoms with E-state index in [0.717, 1.165) is 5.69 Å². The molecule has 1 aromatic rings. The largest absolute Gasteiger partial charge is 0.321 e. The fraction of sp³-hybridized carbons (Fsp3) is 0.273. The van der Waals surface area contributed by atoms with Crippen molar-refractivity contribution in [2.24, 2.45) is 5.73 Å². The highest BCUT2D eigenvalue weighted by atomic mass is 16.1. The Balaban J connectivity index is 2.54. The number of hydrogen-bond acceptors (Lipinski definition) is 3. The fourth-order valence-electron chi connectivity index (χ4n) is 1.05. The van der Waals surface area contributed by atoms with Crippen LogP contribution in [0, 0.1) is 12.3 Å². The molecule has 0 aliphatic rings. The van der Waals surface area contributed by atoms with Crippen LogP contribution in [-0.4, -0.2) is 16.8 Å². The van der Waals surface area contributed by atoms with E-state index in [1.165, 1.54) is 0 Å². The quantitative estimate of drug-likeness (QED) is 0.702. The average molecular weight is 188 g/mol. The van der Waals surface area contributed by atoms with Crippen molar-refractivity contribution in [3.05, 3.63) is 30.1 Å². The second kappa shape index (κ2) is 5.15. The van der Waals surface area contributed by atoms with E-state index >= 15 is 0 Å². The highest BCUT2D eigenvalue weighted by Gasteiger charge is 2.12. The van der Waals surface area contributed by atoms with Crippen molar-refractivity contribution < 1.29 is 4.79 Å². The van der Waals surface area contributed by atoms with Crippen molar-refractivity contribution >= 4 is 5.78 Å². The van der Waals surface area contributed by atoms with Crippen LogP contribution in [0.4, 0.5) is 0 Å². The third-order valence-electron chi connectivity index (χ3n) is 1.83. The first-order chi connectivity index (χ1) is 6.74. The summed E-state index contributed by atoms with van der Waals surface area (Å²) < 4.78 is 0. The molecule has 0 radical (unpaired) electrons. The Hall–Kier alpha value is -1.66. The number of Topliss-reactive ketones (excluding diaryl/α,β-unsaturated/α-hetero) is 1. The predicted octanol–water partition coefficient (Wildman–Crippen LogP) is 0.544. The number of carbonyl (C=O) groups excluding carboxylic acids is 1. The molecule has 0 saturated carbocycles. The molecular formula is C11H12N2O. The van der Waals surface area contributed by atoms with Gasteiger partial charge in [0.2, 0.25) is 0 Å². The molecular weight excluding hydrogens is 176 g/mol. The summed E-state index contributed by atoms with van der Waals surface area (Å²) in [7, 11) is 0. The Bertz CT molecular complexity index is 340. The summed E-state index contributed by atoms with van der Waals surface area (Å²) in [4.78, 5) is 15.5. The Morgan fingerprint density at radius 2 is 2.43 bits per heavy atom. The van der Waals surface area contributed by atoms with E-state index in [0.29, 0.717) is 0 Å². The molecule has 1 rings (SSSR count). The third-order valence-corrected chi connectivity index (χ3v) is 1.83. The van der Waals surface area contributed by atoms with E-state index in [2.05, 4.69) is 10.9 Å². The van der Waals surface area contributed by atoms with Gasteiger partial charge in [0.25, 0.3) is 0 Å². The highest BCUT2D eigenvalue weighted by Crippen LogP contribution is 1.99. The summed E-state index contributed by atoms with van der Waals surface area (Å²) in [5.41, 5.74) is 6.28. The summed E-state index contributed by atoms with van der Waals surface area (Å²) in [6, 6.07) is 4.86. The second-order valence-corrected chi connectivity index (χ2v) is 2.98. The Kier molecular flexibility index (Phi) is 3.84. The molecule has 0 spiro atoms. The molecule has 1 heterocycles. The predicted molar refractivity (Wildman–Crippen MR) is 54.4 cm³/mol. The Morgan fingerprint density at radius 1 is 1.64 bits per heavy atom. The minimum Gasteiger partial charge on any atom is -0.321 e. The monoisotopic (exact) mass is 188 g/mol. The number of terminal acetylenes is 1. The molecule has 1 atom stereocenters. The zero-order valence-corrected chi connectivity index (χ0v) is 7.81. The molecule has 1 unspecified atom stereocenters. The number of nitrogens with two attached hydrogens (primary N) is 1. The molecule has 0 saturated heterocycles. The van der Waals surface area contributed by atoms with Gasteiger partial charge in [-0.15, -0.1) is 12.3 Å². The van der Waals surface area contributed by atoms with Gasteiger partial charge in [-0.2, -0.15) is 0 Å². The maximum atomic E-state index is 11.4. The number of hydrogen-bond donors (Lipinski definition) is 1. The lowest BCUT2D eigenvalue weighted by atomic mass is 10.1. The summed E-state index contributed by atoms with van der Waals surface area (Å²) in [5.74, 6) is 2.30. The van der Waals surface area contributed by atoms with Crippen LogP contribution in [0.15, 0.2) is 24.4 Å². The van der Waals surface area contributed by atoms with Gasteiger partial charge in [-0.25, -0.2) is 0 Å². The highest BCUT2D eigenvalue weighted by molar-refractivity contribution is 5.85. The topological polar surface area (TPSA) is 56.0 Å². The van der Waals surface area contributed by atoms with Crippen LogP contribution in [0.1, 0.15) is 12.1 Å². The maximum Gasteiger partial charge on any atom is 0.156 e. The summed E-state index contributed by atoms with van der Waals surface area (Å²) in [5, 5.41) is 0. The molecule has 2 N–H and O–H groups in total. The molecule has 72 valence electrons. The summed E-state index contributed by atoms with van der Waals surface area (Å²) >= 11 is 0. The minimum atomic E-state index is -0.568. The van der Waals surface area contributed by atoms with Gasteiger partial charge < -0.3 is 5.73 Å². The second-order valence-electron chi connectivity index (χ2n) is 2.98. The molecule has 0 fully saturated rings. The standard InChI is InChI=1S/C11H12N2O/c1-2-5-10(12)11(14)8-9-6-3-4-7-13-9/h1,3-4,6-7,10H,5,8,12H2. The molecule has 0 bridgehead atoms. The van der Waals surface area contributed by atoms with Gasteiger partial charge in [0.15, 0.2) is 5.78 Å². The van der Waals surface area contributed by atoms with Gasteiger partial charge in [-0.3, -0.25) is 9.78 Å². The maximum absolute atomic E-state index is 11.4. The molecule has 3 heteroatoms. The van der Waals surface area contributed by atoms with E-state index < -0.39 is 6.04 Å². The van der Waals surface area contributed by atoms with Crippen LogP contribution < -0.4 is 5.73 Å². The minimum absolute atomic E-state index is 0.0679. The first-order valence-corrected chi connectivity index (χ1v) is 4.35. The normalized spacial score (nSPS) is 11.7. The molecule has 1 aromatic heterocycles. The number of aromatic nitrogens is 1. The molecule has 0 aliphatic heterocycles. The summed E-state index contributed by atoms with van der Waals surface area (Å²) in [6.07, 6.45) is 7.25. The number of rotatable bonds is 4. The van der Waals surface area contributed by atoms with Gasteiger partial charge in [-0.1, -0.05) is 6.07 Å². The van der Waals surface area contributed by atoms with Crippen LogP contribution in [-0.2, 0) is 11.2 Å². The lowest BCUT2D eigenvalue weighted by Crippen LogP contribution is -2.31. The van der Waals surface area contributed by atoms with Crippen molar-refractivity contribution in [3.8, 4) is 12.3 Å². The lowest BCUT2D eigenvalue weighted by molar-refractivity contribution is -0.119. The first-order valence-electron chi connectivity index (χ1n) is 4.35. The Morgan fingerprint density at radius 3 is 3.00 bits per heavy atom. The molecule has 0 amide bonds. The zero-order chi connectivity index (χ0) is 10.4. The van der Waals surface area contributed by atoms with E-state index in [9.17, 15) is 4.79 Å². The van der Waals surface area contributed by atoms with Crippen molar-refractivity contribution in [1.29, 1.82) is 0 Å². The van der Waals surface area contributed by atoms with Gasteiger partial charge in [0.05, 0.1) is 12.5 Å². The third kappa shape index (κ3) is 3.00. The van der Waals surface area contributed by atoms with Crippen molar-refractivity contribution in [3.63, 3.8) is 0 Å². The SMILES string of the molecule is C#CCC(N)C(=O)Cc1ccccn1. The number of ketones is 1. The van der Waals surface area contributed by atoms with E-state index in [-0.39, 0.29) is 18.6 Å². The van der Waals surface area contributed by atoms with Crippen LogP contribution in [0.25, 0.3) is 0 Å². The van der Waals surface area contributed by atoms with Crippen molar-refractivity contribution in [1.82, 2.24) is 4.98 Å². The average Bonchev–Trinajstić information content (AvgIpc) is 2.19. The van der Waals surface area contributed by atoms with Gasteiger partial charge in [0.1, 0.15) is 0 Å². The van der Waals surface area contributed by atoms with Crippen LogP contribution in [0.5, 0.6) is 0 Å². The van der Waals surface area contributed by atoms with Crippen LogP contribution in [0.3, 0.4) is 0 Å². The van der Waals surface area contributed by atoms with Crippen LogP contribution >= 0.6 is 0 Å². The molecule has 0 aliphatic carbocycles. The van der Waals surface area contributed by atoms with E-state index in [4.69, 9.17) is 12.2 Å². The van der Waals surface area contributed by atoms with Crippen molar-refractivity contribution in [2.45, 2.75) is 18.9 Å². The van der Waals surface area contributed by atoms with Gasteiger partial charge >= 0.3 is 0 Å². The smallest absolute Gasteiger partial charge is 0.156 e. The molecule has 3 nitrogen and oxygen atoms in total. The van der Waals surface area contributed by atoms with Gasteiger partial charge in [-0.05, 0) is 12.1 Å². The van der Waals surface area contributed by atoms with E-state index in [1.54, 1.807) is 18.3 Å². The summed E-state index contributed by atoms with van der Waals surface area (Å²) in [6.45, 7) is 0. The fourth-order valence-corrected chi connectivity index (χ4v) is 1.05. The zero-order valence-electron chi connectivity index (χ0n) is 7.81. The Labute approximate surface area is 83.3 Å². The van der Waals surface area contributed by atoms with Crippen LogP contribution in [0.2, 0.25) is 0 Å². The van der Waals surface area contributed by atoms with Gasteiger partial charge in [0, 0.05) is 18.3 Å². The molecule has 14 heavy (non-hydrogen) atoms. The lowest BCUT2D eigenvalue weighted by Gasteiger charge is -2.05. The molecule has 0 aromatic carbocycles. The first kappa shape index (κ1) is 10.4. The number of nitrogens with zero attached hydrogens (tertiary/aromatic N) is 1. The number of pyridine rings is 1. The number of carbonyl (C=O) groups is 1. The van der Waals surface area contributed by atoms with Crippen molar-refractivity contribution in [2.75, 3.05) is 0 Å². The van der Waals surface area contributed by atoms with E-state index in [1.807, 2.05) is 6.07 Å².